The van der Waals surface area contributed by atoms with Gasteiger partial charge in [0.25, 0.3) is 0 Å². The zero-order chi connectivity index (χ0) is 18.6. The Hall–Kier alpha value is -3.51. The third-order valence-electron chi connectivity index (χ3n) is 3.79. The fourth-order valence-electron chi connectivity index (χ4n) is 2.61. The minimum Gasteiger partial charge on any atom is -0.456 e. The number of H-pyrrole nitrogens is 1. The highest BCUT2D eigenvalue weighted by Crippen LogP contribution is 2.26. The molecule has 0 unspecified atom stereocenters. The molecule has 0 atom stereocenters. The largest absolute Gasteiger partial charge is 0.456 e. The summed E-state index contributed by atoms with van der Waals surface area (Å²) in [7, 11) is 0. The molecule has 2 amide bonds. The Bertz CT molecular complexity index is 1110. The van der Waals surface area contributed by atoms with E-state index in [1.807, 2.05) is 18.3 Å². The number of benzene rings is 2. The van der Waals surface area contributed by atoms with E-state index in [4.69, 9.17) is 16.3 Å². The number of hydrogen-bond acceptors (Lipinski definition) is 3. The van der Waals surface area contributed by atoms with Crippen LogP contribution in [-0.4, -0.2) is 16.0 Å². The lowest BCUT2D eigenvalue weighted by Crippen LogP contribution is -2.19. The van der Waals surface area contributed by atoms with Crippen LogP contribution < -0.4 is 15.4 Å². The van der Waals surface area contributed by atoms with Crippen LogP contribution in [0.3, 0.4) is 0 Å². The summed E-state index contributed by atoms with van der Waals surface area (Å²) in [6.07, 6.45) is 3.47. The molecule has 2 heterocycles. The van der Waals surface area contributed by atoms with Crippen molar-refractivity contribution in [3.63, 3.8) is 0 Å². The summed E-state index contributed by atoms with van der Waals surface area (Å²) in [4.78, 5) is 19.5. The number of halogens is 1. The number of nitrogens with one attached hydrogen (secondary N) is 3. The molecule has 3 N–H and O–H groups in total. The summed E-state index contributed by atoms with van der Waals surface area (Å²) in [6, 6.07) is 17.5. The van der Waals surface area contributed by atoms with E-state index in [0.29, 0.717) is 27.9 Å². The van der Waals surface area contributed by atoms with Gasteiger partial charge in [-0.25, -0.2) is 9.78 Å². The molecule has 0 spiro atoms. The van der Waals surface area contributed by atoms with Crippen molar-refractivity contribution in [3.8, 4) is 11.5 Å². The van der Waals surface area contributed by atoms with E-state index in [0.717, 1.165) is 11.0 Å². The van der Waals surface area contributed by atoms with Crippen molar-refractivity contribution in [2.45, 2.75) is 0 Å². The summed E-state index contributed by atoms with van der Waals surface area (Å²) in [5.74, 6) is 1.20. The number of aromatic nitrogens is 2. The van der Waals surface area contributed by atoms with Gasteiger partial charge in [0.15, 0.2) is 0 Å². The van der Waals surface area contributed by atoms with Gasteiger partial charge < -0.3 is 20.4 Å². The number of rotatable bonds is 4. The second-order valence-electron chi connectivity index (χ2n) is 5.81. The van der Waals surface area contributed by atoms with Crippen LogP contribution >= 0.6 is 11.6 Å². The fourth-order valence-corrected chi connectivity index (χ4v) is 2.80. The van der Waals surface area contributed by atoms with E-state index < -0.39 is 0 Å². The van der Waals surface area contributed by atoms with E-state index in [-0.39, 0.29) is 6.03 Å². The van der Waals surface area contributed by atoms with Crippen LogP contribution in [0, 0.1) is 0 Å². The Morgan fingerprint density at radius 1 is 0.963 bits per heavy atom. The molecule has 0 bridgehead atoms. The molecule has 6 nitrogen and oxygen atoms in total. The zero-order valence-electron chi connectivity index (χ0n) is 14.1. The number of fused-ring (bicyclic) bond motifs is 1. The van der Waals surface area contributed by atoms with Gasteiger partial charge in [0, 0.05) is 34.0 Å². The molecule has 2 aromatic carbocycles. The van der Waals surface area contributed by atoms with Gasteiger partial charge in [-0.05, 0) is 42.5 Å². The standard InChI is InChI=1S/C20H15ClN4O2/c21-14-3-1-4-15(10-14)24-20(26)25-16-5-2-6-17(11-16)27-18-9-13-7-8-22-19(13)23-12-18/h1-12H,(H,22,23)(H2,24,25,26). The fraction of sp³-hybridized carbons (Fsp3) is 0. The molecule has 0 saturated carbocycles. The van der Waals surface area contributed by atoms with Gasteiger partial charge >= 0.3 is 6.03 Å². The number of aromatic amines is 1. The van der Waals surface area contributed by atoms with Crippen LogP contribution in [-0.2, 0) is 0 Å². The van der Waals surface area contributed by atoms with Crippen LogP contribution in [0.1, 0.15) is 0 Å². The monoisotopic (exact) mass is 378 g/mol. The highest BCUT2D eigenvalue weighted by Gasteiger charge is 2.06. The molecular weight excluding hydrogens is 364 g/mol. The smallest absolute Gasteiger partial charge is 0.323 e. The number of hydrogen-bond donors (Lipinski definition) is 3. The average molecular weight is 379 g/mol. The van der Waals surface area contributed by atoms with Crippen LogP contribution in [0.15, 0.2) is 73.1 Å². The first-order chi connectivity index (χ1) is 13.2. The third-order valence-corrected chi connectivity index (χ3v) is 4.02. The van der Waals surface area contributed by atoms with Crippen molar-refractivity contribution >= 4 is 40.0 Å². The Kier molecular flexibility index (Phi) is 4.63. The number of carbonyl (C=O) groups excluding carboxylic acids is 1. The van der Waals surface area contributed by atoms with Gasteiger partial charge in [-0.15, -0.1) is 0 Å². The molecule has 0 fully saturated rings. The first kappa shape index (κ1) is 16.9. The lowest BCUT2D eigenvalue weighted by Gasteiger charge is -2.10. The van der Waals surface area contributed by atoms with Crippen LogP contribution in [0.4, 0.5) is 16.2 Å². The van der Waals surface area contributed by atoms with Gasteiger partial charge in [-0.3, -0.25) is 0 Å². The summed E-state index contributed by atoms with van der Waals surface area (Å²) < 4.78 is 5.85. The minimum atomic E-state index is -0.371. The predicted octanol–water partition coefficient (Wildman–Crippen LogP) is 5.65. The summed E-state index contributed by atoms with van der Waals surface area (Å²) in [5.41, 5.74) is 2.01. The number of urea groups is 1. The molecule has 0 saturated heterocycles. The second kappa shape index (κ2) is 7.39. The Morgan fingerprint density at radius 3 is 2.56 bits per heavy atom. The lowest BCUT2D eigenvalue weighted by atomic mass is 10.3. The van der Waals surface area contributed by atoms with Crippen LogP contribution in [0.2, 0.25) is 5.02 Å². The predicted molar refractivity (Wildman–Crippen MR) is 107 cm³/mol. The topological polar surface area (TPSA) is 79.0 Å². The van der Waals surface area contributed by atoms with E-state index >= 15 is 0 Å². The van der Waals surface area contributed by atoms with Crippen molar-refractivity contribution in [2.75, 3.05) is 10.6 Å². The molecule has 4 aromatic rings. The van der Waals surface area contributed by atoms with Gasteiger partial charge in [0.05, 0.1) is 6.20 Å². The van der Waals surface area contributed by atoms with Crippen molar-refractivity contribution in [2.24, 2.45) is 0 Å². The SMILES string of the molecule is O=C(Nc1cccc(Cl)c1)Nc1cccc(Oc2cnc3[nH]ccc3c2)c1. The number of anilines is 2. The van der Waals surface area contributed by atoms with Crippen LogP contribution in [0.5, 0.6) is 11.5 Å². The summed E-state index contributed by atoms with van der Waals surface area (Å²) in [6.45, 7) is 0. The molecule has 0 aliphatic heterocycles. The van der Waals surface area contributed by atoms with Crippen molar-refractivity contribution in [3.05, 3.63) is 78.1 Å². The molecule has 2 aromatic heterocycles. The minimum absolute atomic E-state index is 0.371. The maximum atomic E-state index is 12.2. The van der Waals surface area contributed by atoms with Gasteiger partial charge in [0.2, 0.25) is 0 Å². The van der Waals surface area contributed by atoms with E-state index in [1.54, 1.807) is 54.7 Å². The number of pyridine rings is 1. The molecule has 0 radical (unpaired) electrons. The maximum Gasteiger partial charge on any atom is 0.323 e. The van der Waals surface area contributed by atoms with Gasteiger partial charge in [-0.2, -0.15) is 0 Å². The van der Waals surface area contributed by atoms with E-state index in [2.05, 4.69) is 20.6 Å². The Balaban J connectivity index is 1.44. The Labute approximate surface area is 160 Å². The Morgan fingerprint density at radius 2 is 1.74 bits per heavy atom. The molecular formula is C20H15ClN4O2. The number of carbonyl (C=O) groups is 1. The maximum absolute atomic E-state index is 12.2. The first-order valence-corrected chi connectivity index (χ1v) is 8.58. The molecule has 4 rings (SSSR count). The molecule has 0 aliphatic rings. The van der Waals surface area contributed by atoms with Gasteiger partial charge in [-0.1, -0.05) is 23.7 Å². The second-order valence-corrected chi connectivity index (χ2v) is 6.24. The normalized spacial score (nSPS) is 10.6. The summed E-state index contributed by atoms with van der Waals surface area (Å²) in [5, 5.41) is 7.01. The molecule has 134 valence electrons. The molecule has 27 heavy (non-hydrogen) atoms. The zero-order valence-corrected chi connectivity index (χ0v) is 14.8. The number of nitrogens with zero attached hydrogens (tertiary/aromatic N) is 1. The van der Waals surface area contributed by atoms with Gasteiger partial charge in [0.1, 0.15) is 17.1 Å². The highest BCUT2D eigenvalue weighted by molar-refractivity contribution is 6.30. The molecule has 7 heteroatoms. The first-order valence-electron chi connectivity index (χ1n) is 8.20. The van der Waals surface area contributed by atoms with Crippen molar-refractivity contribution < 1.29 is 9.53 Å². The van der Waals surface area contributed by atoms with Crippen LogP contribution in [0.25, 0.3) is 11.0 Å². The third kappa shape index (κ3) is 4.19. The average Bonchev–Trinajstić information content (AvgIpc) is 3.09. The highest BCUT2D eigenvalue weighted by atomic mass is 35.5. The van der Waals surface area contributed by atoms with E-state index in [9.17, 15) is 4.79 Å². The van der Waals surface area contributed by atoms with E-state index in [1.165, 1.54) is 0 Å². The lowest BCUT2D eigenvalue weighted by molar-refractivity contribution is 0.262. The number of ether oxygens (including phenoxy) is 1. The van der Waals surface area contributed by atoms with Crippen molar-refractivity contribution in [1.29, 1.82) is 0 Å². The quantitative estimate of drug-likeness (QED) is 0.429. The molecule has 0 aliphatic carbocycles. The number of amides is 2. The van der Waals surface area contributed by atoms with Crippen molar-refractivity contribution in [1.82, 2.24) is 9.97 Å². The summed E-state index contributed by atoms with van der Waals surface area (Å²) >= 11 is 5.92.